The number of halogens is 1. The van der Waals surface area contributed by atoms with Crippen molar-refractivity contribution >= 4 is 26.0 Å². The van der Waals surface area contributed by atoms with Crippen molar-refractivity contribution in [2.45, 2.75) is 30.7 Å². The minimum absolute atomic E-state index is 0.106. The predicted molar refractivity (Wildman–Crippen MR) is 79.3 cm³/mol. The molecule has 1 aromatic carbocycles. The zero-order chi connectivity index (χ0) is 14.0. The number of hydrogen-bond acceptors (Lipinski definition) is 3. The summed E-state index contributed by atoms with van der Waals surface area (Å²) in [5, 5.41) is 0. The summed E-state index contributed by atoms with van der Waals surface area (Å²) in [5.74, 6) is 0.302. The third-order valence-electron chi connectivity index (χ3n) is 3.73. The molecule has 0 amide bonds. The van der Waals surface area contributed by atoms with E-state index in [-0.39, 0.29) is 6.04 Å². The van der Waals surface area contributed by atoms with Crippen LogP contribution in [0.5, 0.6) is 0 Å². The molecule has 1 aromatic rings. The van der Waals surface area contributed by atoms with Gasteiger partial charge >= 0.3 is 0 Å². The fourth-order valence-corrected chi connectivity index (χ4v) is 5.38. The van der Waals surface area contributed by atoms with E-state index in [2.05, 4.69) is 22.9 Å². The van der Waals surface area contributed by atoms with Crippen molar-refractivity contribution in [1.82, 2.24) is 4.31 Å². The lowest BCUT2D eigenvalue weighted by Gasteiger charge is -2.38. The molecule has 0 spiro atoms. The van der Waals surface area contributed by atoms with Gasteiger partial charge in [-0.15, -0.1) is 0 Å². The molecule has 0 saturated carbocycles. The Morgan fingerprint density at radius 3 is 2.74 bits per heavy atom. The van der Waals surface area contributed by atoms with Crippen LogP contribution in [0.25, 0.3) is 0 Å². The lowest BCUT2D eigenvalue weighted by molar-refractivity contribution is 0.192. The van der Waals surface area contributed by atoms with Crippen LogP contribution in [0.1, 0.15) is 19.8 Å². The molecule has 1 saturated heterocycles. The van der Waals surface area contributed by atoms with Crippen molar-refractivity contribution in [3.05, 3.63) is 28.7 Å². The van der Waals surface area contributed by atoms with Crippen LogP contribution in [0.15, 0.2) is 33.6 Å². The molecule has 0 aliphatic carbocycles. The Morgan fingerprint density at radius 2 is 2.11 bits per heavy atom. The Labute approximate surface area is 123 Å². The topological polar surface area (TPSA) is 63.4 Å². The number of rotatable bonds is 3. The van der Waals surface area contributed by atoms with Crippen LogP contribution in [0.2, 0.25) is 0 Å². The molecule has 1 fully saturated rings. The Morgan fingerprint density at radius 1 is 1.42 bits per heavy atom. The summed E-state index contributed by atoms with van der Waals surface area (Å²) in [4.78, 5) is 0.322. The second kappa shape index (κ2) is 5.91. The Kier molecular flexibility index (Phi) is 4.66. The first-order valence-corrected chi connectivity index (χ1v) is 8.68. The average Bonchev–Trinajstić information content (AvgIpc) is 2.38. The molecule has 6 heteroatoms. The molecule has 2 rings (SSSR count). The summed E-state index contributed by atoms with van der Waals surface area (Å²) in [7, 11) is -3.48. The van der Waals surface area contributed by atoms with Crippen molar-refractivity contribution < 1.29 is 8.42 Å². The van der Waals surface area contributed by atoms with Crippen LogP contribution in [-0.2, 0) is 10.0 Å². The second-order valence-electron chi connectivity index (χ2n) is 4.97. The third-order valence-corrected chi connectivity index (χ3v) is 6.67. The van der Waals surface area contributed by atoms with Crippen molar-refractivity contribution in [2.24, 2.45) is 11.7 Å². The van der Waals surface area contributed by atoms with Gasteiger partial charge < -0.3 is 5.73 Å². The van der Waals surface area contributed by atoms with Crippen LogP contribution in [0, 0.1) is 5.92 Å². The molecule has 1 aliphatic heterocycles. The zero-order valence-corrected chi connectivity index (χ0v) is 13.3. The first-order chi connectivity index (χ1) is 8.98. The highest BCUT2D eigenvalue weighted by Crippen LogP contribution is 2.31. The molecular formula is C13H19BrN2O2S. The highest BCUT2D eigenvalue weighted by atomic mass is 79.9. The number of hydrogen-bond donors (Lipinski definition) is 1. The van der Waals surface area contributed by atoms with E-state index >= 15 is 0 Å². The van der Waals surface area contributed by atoms with Crippen LogP contribution in [0.4, 0.5) is 0 Å². The normalized spacial score (nSPS) is 25.4. The second-order valence-corrected chi connectivity index (χ2v) is 7.68. The Hall–Kier alpha value is -0.430. The number of piperidine rings is 1. The van der Waals surface area contributed by atoms with Crippen molar-refractivity contribution in [3.8, 4) is 0 Å². The fourth-order valence-electron chi connectivity index (χ4n) is 2.64. The summed E-state index contributed by atoms with van der Waals surface area (Å²) < 4.78 is 27.7. The quantitative estimate of drug-likeness (QED) is 0.912. The van der Waals surface area contributed by atoms with Gasteiger partial charge in [-0.3, -0.25) is 0 Å². The molecule has 0 aromatic heterocycles. The van der Waals surface area contributed by atoms with E-state index < -0.39 is 10.0 Å². The van der Waals surface area contributed by atoms with E-state index in [9.17, 15) is 8.42 Å². The SMILES string of the molecule is C[C@@H]1CCCN(S(=O)(=O)c2ccccc2Br)[C@@H]1CN. The number of sulfonamides is 1. The molecule has 0 unspecified atom stereocenters. The number of nitrogens with zero attached hydrogens (tertiary/aromatic N) is 1. The molecular weight excluding hydrogens is 328 g/mol. The number of benzene rings is 1. The molecule has 0 bridgehead atoms. The van der Waals surface area contributed by atoms with E-state index in [0.717, 1.165) is 12.8 Å². The van der Waals surface area contributed by atoms with Crippen LogP contribution in [-0.4, -0.2) is 31.9 Å². The Balaban J connectivity index is 2.41. The van der Waals surface area contributed by atoms with Gasteiger partial charge in [-0.2, -0.15) is 4.31 Å². The highest BCUT2D eigenvalue weighted by Gasteiger charge is 2.37. The first-order valence-electron chi connectivity index (χ1n) is 6.45. The van der Waals surface area contributed by atoms with Gasteiger partial charge in [0.15, 0.2) is 0 Å². The summed E-state index contributed by atoms with van der Waals surface area (Å²) in [5.41, 5.74) is 5.78. The van der Waals surface area contributed by atoms with E-state index in [0.29, 0.717) is 28.4 Å². The van der Waals surface area contributed by atoms with E-state index in [1.807, 2.05) is 6.07 Å². The smallest absolute Gasteiger partial charge is 0.244 e. The highest BCUT2D eigenvalue weighted by molar-refractivity contribution is 9.10. The first kappa shape index (κ1) is 15.0. The molecule has 0 radical (unpaired) electrons. The maximum atomic E-state index is 12.8. The summed E-state index contributed by atoms with van der Waals surface area (Å²) in [6.07, 6.45) is 1.92. The minimum Gasteiger partial charge on any atom is -0.329 e. The monoisotopic (exact) mass is 346 g/mol. The molecule has 106 valence electrons. The minimum atomic E-state index is -3.48. The standard InChI is InChI=1S/C13H19BrN2O2S/c1-10-5-4-8-16(12(10)9-15)19(17,18)13-7-3-2-6-11(13)14/h2-3,6-7,10,12H,4-5,8-9,15H2,1H3/t10-,12-/m1/s1. The Bertz CT molecular complexity index is 547. The van der Waals surface area contributed by atoms with Crippen LogP contribution in [0.3, 0.4) is 0 Å². The molecule has 2 N–H and O–H groups in total. The molecule has 1 aliphatic rings. The maximum Gasteiger partial charge on any atom is 0.244 e. The van der Waals surface area contributed by atoms with Gasteiger partial charge in [0.05, 0.1) is 4.90 Å². The van der Waals surface area contributed by atoms with E-state index in [1.54, 1.807) is 22.5 Å². The summed E-state index contributed by atoms with van der Waals surface area (Å²) in [6.45, 7) is 2.99. The van der Waals surface area contributed by atoms with Crippen molar-refractivity contribution in [1.29, 1.82) is 0 Å². The van der Waals surface area contributed by atoms with Gasteiger partial charge in [0.25, 0.3) is 0 Å². The van der Waals surface area contributed by atoms with Gasteiger partial charge in [-0.25, -0.2) is 8.42 Å². The summed E-state index contributed by atoms with van der Waals surface area (Å²) >= 11 is 3.32. The zero-order valence-electron chi connectivity index (χ0n) is 10.9. The molecule has 19 heavy (non-hydrogen) atoms. The lowest BCUT2D eigenvalue weighted by Crippen LogP contribution is -2.51. The summed E-state index contributed by atoms with van der Waals surface area (Å²) in [6, 6.07) is 6.82. The van der Waals surface area contributed by atoms with Gasteiger partial charge in [-0.1, -0.05) is 19.1 Å². The van der Waals surface area contributed by atoms with Gasteiger partial charge in [0.2, 0.25) is 10.0 Å². The van der Waals surface area contributed by atoms with Gasteiger partial charge in [0.1, 0.15) is 0 Å². The lowest BCUT2D eigenvalue weighted by atomic mass is 9.93. The average molecular weight is 347 g/mol. The fraction of sp³-hybridized carbons (Fsp3) is 0.538. The molecule has 1 heterocycles. The predicted octanol–water partition coefficient (Wildman–Crippen LogP) is 2.20. The van der Waals surface area contributed by atoms with Crippen LogP contribution < -0.4 is 5.73 Å². The number of nitrogens with two attached hydrogens (primary N) is 1. The third kappa shape index (κ3) is 2.86. The van der Waals surface area contributed by atoms with E-state index in [1.165, 1.54) is 0 Å². The maximum absolute atomic E-state index is 12.8. The van der Waals surface area contributed by atoms with Crippen LogP contribution >= 0.6 is 15.9 Å². The van der Waals surface area contributed by atoms with Gasteiger partial charge in [0, 0.05) is 23.6 Å². The van der Waals surface area contributed by atoms with E-state index in [4.69, 9.17) is 5.73 Å². The molecule has 2 atom stereocenters. The largest absolute Gasteiger partial charge is 0.329 e. The van der Waals surface area contributed by atoms with Crippen molar-refractivity contribution in [2.75, 3.05) is 13.1 Å². The van der Waals surface area contributed by atoms with Crippen molar-refractivity contribution in [3.63, 3.8) is 0 Å². The molecule has 4 nitrogen and oxygen atoms in total. The van der Waals surface area contributed by atoms with Gasteiger partial charge in [-0.05, 0) is 46.8 Å².